The molecule has 0 bridgehead atoms. The molecule has 0 spiro atoms. The molecule has 196 valence electrons. The SMILES string of the molecule is CCN1C(=O)N(c2c(F)cc(NCCN[C@@H](C)C(=O)O)cc2F)c2cc(C#N)ccc2-c2cc(Cl)cnc21. The van der Waals surface area contributed by atoms with Gasteiger partial charge >= 0.3 is 12.0 Å². The van der Waals surface area contributed by atoms with Crippen LogP contribution >= 0.6 is 11.6 Å². The predicted octanol–water partition coefficient (Wildman–Crippen LogP) is 5.12. The molecule has 0 unspecified atom stereocenters. The predicted molar refractivity (Wildman–Crippen MR) is 140 cm³/mol. The fraction of sp³-hybridized carbons (Fsp3) is 0.231. The quantitative estimate of drug-likeness (QED) is 0.339. The third kappa shape index (κ3) is 5.09. The summed E-state index contributed by atoms with van der Waals surface area (Å²) in [7, 11) is 0. The van der Waals surface area contributed by atoms with Crippen LogP contribution in [0.15, 0.2) is 42.6 Å². The Morgan fingerprint density at radius 2 is 1.89 bits per heavy atom. The summed E-state index contributed by atoms with van der Waals surface area (Å²) in [5, 5.41) is 24.3. The molecule has 0 aliphatic carbocycles. The number of carbonyl (C=O) groups is 2. The van der Waals surface area contributed by atoms with Crippen LogP contribution in [-0.4, -0.2) is 47.8 Å². The first kappa shape index (κ1) is 26.8. The minimum Gasteiger partial charge on any atom is -0.480 e. The van der Waals surface area contributed by atoms with Gasteiger partial charge in [0, 0.05) is 42.6 Å². The summed E-state index contributed by atoms with van der Waals surface area (Å²) < 4.78 is 31.1. The lowest BCUT2D eigenvalue weighted by atomic mass is 10.0. The molecule has 12 heteroatoms. The molecule has 1 aliphatic heterocycles. The van der Waals surface area contributed by atoms with E-state index in [4.69, 9.17) is 16.7 Å². The molecule has 1 aromatic heterocycles. The average Bonchev–Trinajstić information content (AvgIpc) is 2.98. The molecule has 0 saturated heterocycles. The van der Waals surface area contributed by atoms with Crippen LogP contribution in [0.5, 0.6) is 0 Å². The zero-order valence-electron chi connectivity index (χ0n) is 20.4. The number of pyridine rings is 1. The Balaban J connectivity index is 1.78. The Hall–Kier alpha value is -4.27. The topological polar surface area (TPSA) is 122 Å². The van der Waals surface area contributed by atoms with E-state index >= 15 is 8.78 Å². The van der Waals surface area contributed by atoms with Gasteiger partial charge in [0.2, 0.25) is 0 Å². The van der Waals surface area contributed by atoms with Crippen molar-refractivity contribution in [3.8, 4) is 17.2 Å². The van der Waals surface area contributed by atoms with E-state index in [9.17, 15) is 14.9 Å². The number of carbonyl (C=O) groups excluding carboxylic acids is 1. The van der Waals surface area contributed by atoms with Gasteiger partial charge < -0.3 is 15.7 Å². The van der Waals surface area contributed by atoms with E-state index in [1.165, 1.54) is 30.2 Å². The highest BCUT2D eigenvalue weighted by molar-refractivity contribution is 6.31. The van der Waals surface area contributed by atoms with Crippen molar-refractivity contribution >= 4 is 46.5 Å². The zero-order valence-corrected chi connectivity index (χ0v) is 21.2. The second kappa shape index (κ2) is 11.0. The number of fused-ring (bicyclic) bond motifs is 3. The summed E-state index contributed by atoms with van der Waals surface area (Å²) in [6, 6.07) is 8.65. The van der Waals surface area contributed by atoms with Crippen LogP contribution in [0.2, 0.25) is 5.02 Å². The molecule has 0 radical (unpaired) electrons. The minimum atomic E-state index is -1.02. The fourth-order valence-electron chi connectivity index (χ4n) is 4.14. The Morgan fingerprint density at radius 3 is 2.53 bits per heavy atom. The monoisotopic (exact) mass is 540 g/mol. The van der Waals surface area contributed by atoms with Crippen molar-refractivity contribution in [2.24, 2.45) is 0 Å². The average molecular weight is 541 g/mol. The van der Waals surface area contributed by atoms with Gasteiger partial charge in [-0.1, -0.05) is 17.7 Å². The van der Waals surface area contributed by atoms with Gasteiger partial charge in [0.15, 0.2) is 11.6 Å². The number of aliphatic carboxylic acids is 1. The highest BCUT2D eigenvalue weighted by Crippen LogP contribution is 2.45. The molecule has 1 aliphatic rings. The summed E-state index contributed by atoms with van der Waals surface area (Å²) in [4.78, 5) is 31.2. The van der Waals surface area contributed by atoms with Gasteiger partial charge in [-0.15, -0.1) is 0 Å². The normalized spacial score (nSPS) is 13.3. The largest absolute Gasteiger partial charge is 0.480 e. The van der Waals surface area contributed by atoms with E-state index in [-0.39, 0.29) is 42.4 Å². The lowest BCUT2D eigenvalue weighted by Crippen LogP contribution is -2.41. The number of aromatic nitrogens is 1. The maximum absolute atomic E-state index is 15.6. The molecule has 38 heavy (non-hydrogen) atoms. The van der Waals surface area contributed by atoms with Gasteiger partial charge in [-0.2, -0.15) is 5.26 Å². The molecule has 2 heterocycles. The third-order valence-electron chi connectivity index (χ3n) is 6.00. The van der Waals surface area contributed by atoms with Crippen molar-refractivity contribution in [1.29, 1.82) is 5.26 Å². The van der Waals surface area contributed by atoms with Crippen molar-refractivity contribution in [3.05, 3.63) is 64.8 Å². The van der Waals surface area contributed by atoms with Crippen LogP contribution in [0, 0.1) is 23.0 Å². The number of nitrogens with zero attached hydrogens (tertiary/aromatic N) is 4. The van der Waals surface area contributed by atoms with Gasteiger partial charge in [-0.25, -0.2) is 18.6 Å². The number of hydrogen-bond acceptors (Lipinski definition) is 6. The number of benzene rings is 2. The number of nitriles is 1. The Labute approximate surface area is 222 Å². The van der Waals surface area contributed by atoms with Gasteiger partial charge in [-0.05, 0) is 44.2 Å². The second-order valence-corrected chi connectivity index (χ2v) is 8.90. The van der Waals surface area contributed by atoms with Crippen LogP contribution in [0.3, 0.4) is 0 Å². The smallest absolute Gasteiger partial charge is 0.334 e. The van der Waals surface area contributed by atoms with Crippen molar-refractivity contribution in [2.45, 2.75) is 19.9 Å². The zero-order chi connectivity index (χ0) is 27.6. The highest BCUT2D eigenvalue weighted by atomic mass is 35.5. The first-order valence-electron chi connectivity index (χ1n) is 11.7. The number of rotatable bonds is 8. The number of carboxylic acids is 1. The molecule has 4 rings (SSSR count). The lowest BCUT2D eigenvalue weighted by molar-refractivity contribution is -0.138. The van der Waals surface area contributed by atoms with E-state index in [0.717, 1.165) is 17.0 Å². The Kier molecular flexibility index (Phi) is 7.75. The van der Waals surface area contributed by atoms with Crippen LogP contribution in [0.1, 0.15) is 19.4 Å². The molecule has 9 nitrogen and oxygen atoms in total. The standard InChI is InChI=1S/C26H23ClF2N6O3/c1-3-34-24-19(9-16(27)13-33-24)18-5-4-15(12-30)8-22(18)35(26(34)38)23-20(28)10-17(11-21(23)29)32-7-6-31-14(2)25(36)37/h4-5,8-11,13-14,31-32H,3,6-7H2,1-2H3,(H,36,37)/t14-/m0/s1. The van der Waals surface area contributed by atoms with Gasteiger partial charge in [-0.3, -0.25) is 14.6 Å². The molecule has 2 amide bonds. The third-order valence-corrected chi connectivity index (χ3v) is 6.21. The van der Waals surface area contributed by atoms with E-state index in [1.54, 1.807) is 19.1 Å². The Bertz CT molecular complexity index is 1440. The van der Waals surface area contributed by atoms with E-state index < -0.39 is 35.4 Å². The first-order chi connectivity index (χ1) is 18.2. The lowest BCUT2D eigenvalue weighted by Gasteiger charge is -2.28. The second-order valence-electron chi connectivity index (χ2n) is 8.46. The number of carboxylic acid groups (broad SMARTS) is 1. The summed E-state index contributed by atoms with van der Waals surface area (Å²) in [6.45, 7) is 3.74. The summed E-state index contributed by atoms with van der Waals surface area (Å²) in [6.07, 6.45) is 1.38. The summed E-state index contributed by atoms with van der Waals surface area (Å²) in [5.41, 5.74) is 0.651. The highest BCUT2D eigenvalue weighted by Gasteiger charge is 2.36. The number of amides is 2. The van der Waals surface area contributed by atoms with Crippen LogP contribution in [-0.2, 0) is 4.79 Å². The van der Waals surface area contributed by atoms with E-state index in [1.807, 2.05) is 6.07 Å². The van der Waals surface area contributed by atoms with Crippen molar-refractivity contribution in [3.63, 3.8) is 0 Å². The number of hydrogen-bond donors (Lipinski definition) is 3. The maximum Gasteiger partial charge on any atom is 0.334 e. The molecular weight excluding hydrogens is 518 g/mol. The number of nitrogens with one attached hydrogen (secondary N) is 2. The summed E-state index contributed by atoms with van der Waals surface area (Å²) in [5.74, 6) is -2.80. The molecule has 0 saturated carbocycles. The van der Waals surface area contributed by atoms with Crippen LogP contribution in [0.4, 0.5) is 36.5 Å². The van der Waals surface area contributed by atoms with Crippen molar-refractivity contribution in [1.82, 2.24) is 10.3 Å². The number of urea groups is 1. The summed E-state index contributed by atoms with van der Waals surface area (Å²) >= 11 is 6.20. The first-order valence-corrected chi connectivity index (χ1v) is 12.0. The molecule has 1 atom stereocenters. The van der Waals surface area contributed by atoms with E-state index in [2.05, 4.69) is 15.6 Å². The fourth-order valence-corrected chi connectivity index (χ4v) is 4.30. The molecular formula is C26H23ClF2N6O3. The molecule has 3 aromatic rings. The molecule has 3 N–H and O–H groups in total. The molecule has 0 fully saturated rings. The maximum atomic E-state index is 15.6. The van der Waals surface area contributed by atoms with Crippen molar-refractivity contribution < 1.29 is 23.5 Å². The molecule has 2 aromatic carbocycles. The minimum absolute atomic E-state index is 0.0979. The van der Waals surface area contributed by atoms with Gasteiger partial charge in [0.1, 0.15) is 17.5 Å². The van der Waals surface area contributed by atoms with Crippen molar-refractivity contribution in [2.75, 3.05) is 34.8 Å². The van der Waals surface area contributed by atoms with Crippen LogP contribution < -0.4 is 20.4 Å². The van der Waals surface area contributed by atoms with Gasteiger partial charge in [0.25, 0.3) is 0 Å². The number of halogens is 3. The van der Waals surface area contributed by atoms with E-state index in [0.29, 0.717) is 16.1 Å². The van der Waals surface area contributed by atoms with Crippen LogP contribution in [0.25, 0.3) is 11.1 Å². The Morgan fingerprint density at radius 1 is 1.18 bits per heavy atom. The van der Waals surface area contributed by atoms with Gasteiger partial charge in [0.05, 0.1) is 22.3 Å². The number of anilines is 4.